The molecule has 2 aromatic heterocycles. The molecule has 3 rings (SSSR count). The Bertz CT molecular complexity index is 683. The topological polar surface area (TPSA) is 79.9 Å². The fraction of sp³-hybridized carbons (Fsp3) is 0.357. The maximum atomic E-state index is 13.8. The number of pyridine rings is 1. The second-order valence-electron chi connectivity index (χ2n) is 4.83. The molecule has 0 spiro atoms. The van der Waals surface area contributed by atoms with Crippen molar-refractivity contribution in [3.8, 4) is 11.3 Å². The molecule has 3 heterocycles. The van der Waals surface area contributed by atoms with Crippen molar-refractivity contribution >= 4 is 5.95 Å². The monoisotopic (exact) mass is 290 g/mol. The number of hydrogen-bond donors (Lipinski definition) is 2. The fourth-order valence-electron chi connectivity index (χ4n) is 2.26. The van der Waals surface area contributed by atoms with E-state index in [0.29, 0.717) is 24.9 Å². The molecule has 0 atom stereocenters. The lowest BCUT2D eigenvalue weighted by Crippen LogP contribution is -2.28. The lowest BCUT2D eigenvalue weighted by molar-refractivity contribution is 0.0903. The van der Waals surface area contributed by atoms with E-state index in [0.717, 1.165) is 12.8 Å². The summed E-state index contributed by atoms with van der Waals surface area (Å²) < 4.78 is 19.1. The number of hydrogen-bond acceptors (Lipinski definition) is 5. The van der Waals surface area contributed by atoms with Crippen LogP contribution in [0.5, 0.6) is 0 Å². The Labute approximate surface area is 120 Å². The molecule has 1 aliphatic heterocycles. The standard InChI is InChI=1S/C14H15FN4O2/c15-12-10(1-5-16-13(12)20)11-2-6-17-14(19-11)18-9-3-7-21-8-4-9/h1-2,5-6,9H,3-4,7-8H2,(H,16,20)(H,17,18,19). The molecule has 21 heavy (non-hydrogen) atoms. The van der Waals surface area contributed by atoms with Gasteiger partial charge in [-0.05, 0) is 25.0 Å². The minimum Gasteiger partial charge on any atom is -0.381 e. The highest BCUT2D eigenvalue weighted by atomic mass is 19.1. The Morgan fingerprint density at radius 2 is 2.14 bits per heavy atom. The quantitative estimate of drug-likeness (QED) is 0.896. The summed E-state index contributed by atoms with van der Waals surface area (Å²) in [6.45, 7) is 1.42. The van der Waals surface area contributed by atoms with Crippen LogP contribution in [0.1, 0.15) is 12.8 Å². The average Bonchev–Trinajstić information content (AvgIpc) is 2.51. The highest BCUT2D eigenvalue weighted by Gasteiger charge is 2.15. The van der Waals surface area contributed by atoms with Crippen LogP contribution in [0.25, 0.3) is 11.3 Å². The first kappa shape index (κ1) is 13.7. The fourth-order valence-corrected chi connectivity index (χ4v) is 2.26. The molecule has 1 fully saturated rings. The van der Waals surface area contributed by atoms with Crippen molar-refractivity contribution < 1.29 is 9.13 Å². The number of nitrogens with one attached hydrogen (secondary N) is 2. The van der Waals surface area contributed by atoms with Crippen LogP contribution in [0.2, 0.25) is 0 Å². The van der Waals surface area contributed by atoms with Gasteiger partial charge < -0.3 is 15.0 Å². The van der Waals surface area contributed by atoms with Crippen LogP contribution in [0, 0.1) is 5.82 Å². The lowest BCUT2D eigenvalue weighted by Gasteiger charge is -2.23. The summed E-state index contributed by atoms with van der Waals surface area (Å²) in [6, 6.07) is 3.31. The van der Waals surface area contributed by atoms with E-state index in [1.54, 1.807) is 12.3 Å². The van der Waals surface area contributed by atoms with E-state index in [2.05, 4.69) is 20.3 Å². The third-order valence-electron chi connectivity index (χ3n) is 3.39. The van der Waals surface area contributed by atoms with E-state index in [4.69, 9.17) is 4.74 Å². The van der Waals surface area contributed by atoms with Gasteiger partial charge in [0.15, 0.2) is 5.82 Å². The van der Waals surface area contributed by atoms with Crippen molar-refractivity contribution in [1.29, 1.82) is 0 Å². The van der Waals surface area contributed by atoms with E-state index in [-0.39, 0.29) is 11.6 Å². The molecule has 1 aliphatic rings. The van der Waals surface area contributed by atoms with E-state index >= 15 is 0 Å². The Morgan fingerprint density at radius 1 is 1.33 bits per heavy atom. The van der Waals surface area contributed by atoms with Crippen LogP contribution in [0.15, 0.2) is 29.3 Å². The SMILES string of the molecule is O=c1[nH]ccc(-c2ccnc(NC3CCOCC3)n2)c1F. The van der Waals surface area contributed by atoms with Gasteiger partial charge in [-0.1, -0.05) is 0 Å². The minimum atomic E-state index is -0.840. The minimum absolute atomic E-state index is 0.163. The second-order valence-corrected chi connectivity index (χ2v) is 4.83. The Morgan fingerprint density at radius 3 is 2.95 bits per heavy atom. The van der Waals surface area contributed by atoms with Gasteiger partial charge in [0, 0.05) is 37.2 Å². The molecule has 0 unspecified atom stereocenters. The van der Waals surface area contributed by atoms with E-state index in [1.807, 2.05) is 0 Å². The maximum Gasteiger partial charge on any atom is 0.284 e. The van der Waals surface area contributed by atoms with E-state index in [1.165, 1.54) is 12.3 Å². The third kappa shape index (κ3) is 3.08. The van der Waals surface area contributed by atoms with Gasteiger partial charge in [0.25, 0.3) is 5.56 Å². The van der Waals surface area contributed by atoms with Gasteiger partial charge in [0.1, 0.15) is 0 Å². The molecule has 7 heteroatoms. The molecule has 0 saturated carbocycles. The summed E-state index contributed by atoms with van der Waals surface area (Å²) in [6.07, 6.45) is 4.71. The Balaban J connectivity index is 1.85. The Hall–Kier alpha value is -2.28. The van der Waals surface area contributed by atoms with Crippen molar-refractivity contribution in [1.82, 2.24) is 15.0 Å². The summed E-state index contributed by atoms with van der Waals surface area (Å²) in [7, 11) is 0. The summed E-state index contributed by atoms with van der Waals surface area (Å²) in [5, 5.41) is 3.21. The van der Waals surface area contributed by atoms with Crippen LogP contribution in [0.3, 0.4) is 0 Å². The highest BCUT2D eigenvalue weighted by Crippen LogP contribution is 2.19. The molecule has 0 radical (unpaired) electrons. The molecule has 0 aliphatic carbocycles. The smallest absolute Gasteiger partial charge is 0.284 e. The molecule has 1 saturated heterocycles. The van der Waals surface area contributed by atoms with Crippen molar-refractivity contribution in [3.05, 3.63) is 40.7 Å². The first-order valence-electron chi connectivity index (χ1n) is 6.79. The largest absolute Gasteiger partial charge is 0.381 e. The van der Waals surface area contributed by atoms with Gasteiger partial charge in [0.2, 0.25) is 5.95 Å². The van der Waals surface area contributed by atoms with E-state index < -0.39 is 11.4 Å². The van der Waals surface area contributed by atoms with Gasteiger partial charge in [-0.15, -0.1) is 0 Å². The molecule has 0 amide bonds. The van der Waals surface area contributed by atoms with Gasteiger partial charge >= 0.3 is 0 Å². The van der Waals surface area contributed by atoms with Crippen LogP contribution >= 0.6 is 0 Å². The number of rotatable bonds is 3. The maximum absolute atomic E-state index is 13.8. The van der Waals surface area contributed by atoms with Gasteiger partial charge in [0.05, 0.1) is 5.69 Å². The van der Waals surface area contributed by atoms with Crippen molar-refractivity contribution in [2.45, 2.75) is 18.9 Å². The molecule has 6 nitrogen and oxygen atoms in total. The number of aromatic nitrogens is 3. The number of nitrogens with zero attached hydrogens (tertiary/aromatic N) is 2. The third-order valence-corrected chi connectivity index (χ3v) is 3.39. The predicted octanol–water partition coefficient (Wildman–Crippen LogP) is 1.56. The van der Waals surface area contributed by atoms with Crippen LogP contribution in [-0.4, -0.2) is 34.2 Å². The molecular weight excluding hydrogens is 275 g/mol. The molecule has 2 N–H and O–H groups in total. The number of anilines is 1. The lowest BCUT2D eigenvalue weighted by atomic mass is 10.1. The molecule has 110 valence electrons. The summed E-state index contributed by atoms with van der Waals surface area (Å²) in [5.41, 5.74) is -0.218. The van der Waals surface area contributed by atoms with E-state index in [9.17, 15) is 9.18 Å². The van der Waals surface area contributed by atoms with Crippen LogP contribution < -0.4 is 10.9 Å². The predicted molar refractivity (Wildman–Crippen MR) is 75.5 cm³/mol. The number of aromatic amines is 1. The second kappa shape index (κ2) is 6.01. The average molecular weight is 290 g/mol. The molecule has 0 aromatic carbocycles. The van der Waals surface area contributed by atoms with Crippen LogP contribution in [-0.2, 0) is 4.74 Å². The summed E-state index contributed by atoms with van der Waals surface area (Å²) >= 11 is 0. The van der Waals surface area contributed by atoms with Crippen LogP contribution in [0.4, 0.5) is 10.3 Å². The zero-order valence-electron chi connectivity index (χ0n) is 11.3. The number of halogens is 1. The van der Waals surface area contributed by atoms with Crippen molar-refractivity contribution in [2.24, 2.45) is 0 Å². The van der Waals surface area contributed by atoms with Gasteiger partial charge in [-0.3, -0.25) is 4.79 Å². The molecule has 2 aromatic rings. The zero-order chi connectivity index (χ0) is 14.7. The summed E-state index contributed by atoms with van der Waals surface area (Å²) in [4.78, 5) is 22.0. The van der Waals surface area contributed by atoms with Gasteiger partial charge in [-0.25, -0.2) is 14.4 Å². The number of ether oxygens (including phenoxy) is 1. The zero-order valence-corrected chi connectivity index (χ0v) is 11.3. The first-order chi connectivity index (χ1) is 10.2. The van der Waals surface area contributed by atoms with Gasteiger partial charge in [-0.2, -0.15) is 0 Å². The molecular formula is C14H15FN4O2. The first-order valence-corrected chi connectivity index (χ1v) is 6.79. The summed E-state index contributed by atoms with van der Waals surface area (Å²) in [5.74, 6) is -0.410. The normalized spacial score (nSPS) is 15.9. The van der Waals surface area contributed by atoms with Crippen molar-refractivity contribution in [2.75, 3.05) is 18.5 Å². The highest BCUT2D eigenvalue weighted by molar-refractivity contribution is 5.59. The molecule has 0 bridgehead atoms. The Kier molecular flexibility index (Phi) is 3.92. The van der Waals surface area contributed by atoms with Crippen molar-refractivity contribution in [3.63, 3.8) is 0 Å². The number of H-pyrrole nitrogens is 1.